The molecule has 0 radical (unpaired) electrons. The molecule has 2 aliphatic rings. The number of rotatable bonds is 3. The van der Waals surface area contributed by atoms with Crippen molar-refractivity contribution in [1.29, 1.82) is 0 Å². The number of carbonyl (C=O) groups excluding carboxylic acids is 2. The lowest BCUT2D eigenvalue weighted by Crippen LogP contribution is -2.47. The third-order valence-electron chi connectivity index (χ3n) is 3.81. The van der Waals surface area contributed by atoms with Crippen LogP contribution >= 0.6 is 0 Å². The van der Waals surface area contributed by atoms with Crippen LogP contribution in [0.2, 0.25) is 0 Å². The average molecular weight is 240 g/mol. The Hall–Kier alpha value is -1.10. The summed E-state index contributed by atoms with van der Waals surface area (Å²) in [5.74, 6) is -0.526. The van der Waals surface area contributed by atoms with Crippen LogP contribution in [0.1, 0.15) is 25.7 Å². The van der Waals surface area contributed by atoms with Crippen molar-refractivity contribution in [3.63, 3.8) is 0 Å². The van der Waals surface area contributed by atoms with Crippen LogP contribution in [-0.2, 0) is 14.3 Å². The van der Waals surface area contributed by atoms with Gasteiger partial charge < -0.3 is 15.0 Å². The minimum atomic E-state index is -0.863. The van der Waals surface area contributed by atoms with Gasteiger partial charge in [-0.15, -0.1) is 0 Å². The fourth-order valence-corrected chi connectivity index (χ4v) is 2.32. The van der Waals surface area contributed by atoms with Crippen molar-refractivity contribution < 1.29 is 14.3 Å². The summed E-state index contributed by atoms with van der Waals surface area (Å²) < 4.78 is 4.70. The van der Waals surface area contributed by atoms with E-state index < -0.39 is 5.41 Å². The van der Waals surface area contributed by atoms with Gasteiger partial charge >= 0.3 is 5.97 Å². The number of likely N-dealkylation sites (tertiary alicyclic amines) is 1. The van der Waals surface area contributed by atoms with Gasteiger partial charge in [-0.2, -0.15) is 0 Å². The SMILES string of the molecule is COC(=O)C1(C(=O)NC2CCN(C)CC2)CC1. The number of nitrogens with zero attached hydrogens (tertiary/aromatic N) is 1. The number of carbonyl (C=O) groups is 2. The van der Waals surface area contributed by atoms with Crippen LogP contribution in [0.4, 0.5) is 0 Å². The molecule has 0 aromatic heterocycles. The minimum absolute atomic E-state index is 0.140. The van der Waals surface area contributed by atoms with Crippen molar-refractivity contribution >= 4 is 11.9 Å². The summed E-state index contributed by atoms with van der Waals surface area (Å²) in [6, 6.07) is 0.209. The van der Waals surface area contributed by atoms with Gasteiger partial charge in [0.25, 0.3) is 0 Å². The number of methoxy groups -OCH3 is 1. The first-order valence-corrected chi connectivity index (χ1v) is 6.16. The van der Waals surface area contributed by atoms with Crippen LogP contribution in [0.5, 0.6) is 0 Å². The summed E-state index contributed by atoms with van der Waals surface area (Å²) >= 11 is 0. The van der Waals surface area contributed by atoms with Gasteiger partial charge in [0.1, 0.15) is 5.41 Å². The van der Waals surface area contributed by atoms with Crippen LogP contribution in [0.15, 0.2) is 0 Å². The molecule has 5 nitrogen and oxygen atoms in total. The second kappa shape index (κ2) is 4.64. The number of hydrogen-bond donors (Lipinski definition) is 1. The fraction of sp³-hybridized carbons (Fsp3) is 0.833. The van der Waals surface area contributed by atoms with E-state index in [1.54, 1.807) is 0 Å². The molecule has 0 unspecified atom stereocenters. The molecule has 1 amide bonds. The van der Waals surface area contributed by atoms with E-state index in [-0.39, 0.29) is 17.9 Å². The summed E-state index contributed by atoms with van der Waals surface area (Å²) in [7, 11) is 3.42. The highest BCUT2D eigenvalue weighted by Gasteiger charge is 2.58. The smallest absolute Gasteiger partial charge is 0.321 e. The number of esters is 1. The molecular formula is C12H20N2O3. The lowest BCUT2D eigenvalue weighted by Gasteiger charge is -2.30. The van der Waals surface area contributed by atoms with Crippen LogP contribution in [0.3, 0.4) is 0 Å². The molecule has 0 spiro atoms. The topological polar surface area (TPSA) is 58.6 Å². The second-order valence-corrected chi connectivity index (χ2v) is 5.12. The highest BCUT2D eigenvalue weighted by atomic mass is 16.5. The highest BCUT2D eigenvalue weighted by molar-refractivity contribution is 6.05. The molecule has 5 heteroatoms. The molecular weight excluding hydrogens is 220 g/mol. The van der Waals surface area contributed by atoms with Gasteiger partial charge in [-0.1, -0.05) is 0 Å². The van der Waals surface area contributed by atoms with Gasteiger partial charge in [-0.25, -0.2) is 0 Å². The van der Waals surface area contributed by atoms with E-state index in [1.165, 1.54) is 7.11 Å². The van der Waals surface area contributed by atoms with Crippen molar-refractivity contribution in [2.75, 3.05) is 27.2 Å². The number of nitrogens with one attached hydrogen (secondary N) is 1. The molecule has 1 N–H and O–H groups in total. The molecule has 1 heterocycles. The van der Waals surface area contributed by atoms with Gasteiger partial charge in [-0.05, 0) is 45.8 Å². The zero-order chi connectivity index (χ0) is 12.5. The van der Waals surface area contributed by atoms with Crippen molar-refractivity contribution in [2.24, 2.45) is 5.41 Å². The Bertz CT molecular complexity index is 318. The monoisotopic (exact) mass is 240 g/mol. The van der Waals surface area contributed by atoms with Gasteiger partial charge in [0.05, 0.1) is 7.11 Å². The largest absolute Gasteiger partial charge is 0.468 e. The summed E-state index contributed by atoms with van der Waals surface area (Å²) in [5.41, 5.74) is -0.863. The van der Waals surface area contributed by atoms with E-state index in [0.717, 1.165) is 25.9 Å². The van der Waals surface area contributed by atoms with E-state index in [0.29, 0.717) is 12.8 Å². The Morgan fingerprint density at radius 2 is 1.88 bits per heavy atom. The standard InChI is InChI=1S/C12H20N2O3/c1-14-7-3-9(4-8-14)13-10(15)12(5-6-12)11(16)17-2/h9H,3-8H2,1-2H3,(H,13,15). The van der Waals surface area contributed by atoms with E-state index in [4.69, 9.17) is 4.74 Å². The minimum Gasteiger partial charge on any atom is -0.468 e. The first-order valence-electron chi connectivity index (χ1n) is 6.16. The van der Waals surface area contributed by atoms with Crippen LogP contribution in [-0.4, -0.2) is 50.1 Å². The first kappa shape index (κ1) is 12.4. The van der Waals surface area contributed by atoms with Crippen LogP contribution < -0.4 is 5.32 Å². The Kier molecular flexibility index (Phi) is 3.38. The molecule has 1 saturated heterocycles. The van der Waals surface area contributed by atoms with E-state index in [1.807, 2.05) is 0 Å². The number of piperidine rings is 1. The normalized spacial score (nSPS) is 24.1. The van der Waals surface area contributed by atoms with E-state index in [9.17, 15) is 9.59 Å². The van der Waals surface area contributed by atoms with E-state index >= 15 is 0 Å². The Balaban J connectivity index is 1.87. The number of amides is 1. The average Bonchev–Trinajstić information content (AvgIpc) is 3.12. The molecule has 1 saturated carbocycles. The summed E-state index contributed by atoms with van der Waals surface area (Å²) in [5, 5.41) is 2.99. The molecule has 1 aliphatic carbocycles. The zero-order valence-corrected chi connectivity index (χ0v) is 10.5. The van der Waals surface area contributed by atoms with Gasteiger partial charge in [0.2, 0.25) is 5.91 Å². The molecule has 1 aliphatic heterocycles. The molecule has 2 fully saturated rings. The summed E-state index contributed by atoms with van der Waals surface area (Å²) in [6.07, 6.45) is 3.16. The molecule has 96 valence electrons. The molecule has 0 bridgehead atoms. The van der Waals surface area contributed by atoms with Gasteiger partial charge in [0.15, 0.2) is 0 Å². The lowest BCUT2D eigenvalue weighted by atomic mass is 10.0. The molecule has 2 rings (SSSR count). The predicted molar refractivity (Wildman–Crippen MR) is 62.3 cm³/mol. The third kappa shape index (κ3) is 2.44. The number of ether oxygens (including phenoxy) is 1. The Morgan fingerprint density at radius 3 is 2.35 bits per heavy atom. The summed E-state index contributed by atoms with van der Waals surface area (Å²) in [4.78, 5) is 25.8. The van der Waals surface area contributed by atoms with Crippen molar-refractivity contribution in [1.82, 2.24) is 10.2 Å². The van der Waals surface area contributed by atoms with Crippen LogP contribution in [0.25, 0.3) is 0 Å². The van der Waals surface area contributed by atoms with Crippen molar-refractivity contribution in [2.45, 2.75) is 31.7 Å². The maximum atomic E-state index is 12.1. The van der Waals surface area contributed by atoms with E-state index in [2.05, 4.69) is 17.3 Å². The van der Waals surface area contributed by atoms with Crippen molar-refractivity contribution in [3.8, 4) is 0 Å². The van der Waals surface area contributed by atoms with Crippen LogP contribution in [0, 0.1) is 5.41 Å². The third-order valence-corrected chi connectivity index (χ3v) is 3.81. The molecule has 0 aromatic rings. The zero-order valence-electron chi connectivity index (χ0n) is 10.5. The maximum Gasteiger partial charge on any atom is 0.321 e. The van der Waals surface area contributed by atoms with Gasteiger partial charge in [-0.3, -0.25) is 9.59 Å². The Morgan fingerprint density at radius 1 is 1.29 bits per heavy atom. The quantitative estimate of drug-likeness (QED) is 0.563. The maximum absolute atomic E-state index is 12.1. The molecule has 0 aromatic carbocycles. The molecule has 17 heavy (non-hydrogen) atoms. The van der Waals surface area contributed by atoms with Gasteiger partial charge in [0, 0.05) is 6.04 Å². The fourth-order valence-electron chi connectivity index (χ4n) is 2.32. The lowest BCUT2D eigenvalue weighted by molar-refractivity contribution is -0.152. The number of hydrogen-bond acceptors (Lipinski definition) is 4. The first-order chi connectivity index (χ1) is 8.08. The highest BCUT2D eigenvalue weighted by Crippen LogP contribution is 2.47. The van der Waals surface area contributed by atoms with Crippen molar-refractivity contribution in [3.05, 3.63) is 0 Å². The predicted octanol–water partition coefficient (Wildman–Crippen LogP) is 0.150. The molecule has 0 atom stereocenters. The Labute approximate surface area is 101 Å². The second-order valence-electron chi connectivity index (χ2n) is 5.12. The summed E-state index contributed by atoms with van der Waals surface area (Å²) in [6.45, 7) is 1.99.